The minimum absolute atomic E-state index is 0.0484. The highest BCUT2D eigenvalue weighted by molar-refractivity contribution is 5.97. The average Bonchev–Trinajstić information content (AvgIpc) is 2.86. The lowest BCUT2D eigenvalue weighted by Crippen LogP contribution is -2.24. The van der Waals surface area contributed by atoms with E-state index in [2.05, 4.69) is 9.97 Å². The zero-order valence-electron chi connectivity index (χ0n) is 15.6. The Bertz CT molecular complexity index is 1120. The molecule has 28 heavy (non-hydrogen) atoms. The van der Waals surface area contributed by atoms with E-state index in [-0.39, 0.29) is 17.5 Å². The number of halogens is 3. The topological polar surface area (TPSA) is 87.0 Å². The average molecular weight is 388 g/mol. The summed E-state index contributed by atoms with van der Waals surface area (Å²) in [6, 6.07) is 5.68. The van der Waals surface area contributed by atoms with Crippen LogP contribution >= 0.6 is 0 Å². The first kappa shape index (κ1) is 18.3. The first-order valence-corrected chi connectivity index (χ1v) is 8.72. The highest BCUT2D eigenvalue weighted by atomic mass is 19.4. The monoisotopic (exact) mass is 388 g/mol. The van der Waals surface area contributed by atoms with Crippen LogP contribution < -0.4 is 16.2 Å². The van der Waals surface area contributed by atoms with Crippen molar-refractivity contribution in [3.8, 4) is 16.9 Å². The van der Waals surface area contributed by atoms with E-state index in [1.807, 2.05) is 13.8 Å². The lowest BCUT2D eigenvalue weighted by molar-refractivity contribution is -0.137. The minimum Gasteiger partial charge on any atom is -0.487 e. The molecule has 5 nitrogen and oxygen atoms in total. The Morgan fingerprint density at radius 2 is 1.79 bits per heavy atom. The third kappa shape index (κ3) is 2.89. The van der Waals surface area contributed by atoms with Gasteiger partial charge < -0.3 is 16.2 Å². The summed E-state index contributed by atoms with van der Waals surface area (Å²) in [5.74, 6) is 0.505. The Morgan fingerprint density at radius 3 is 2.46 bits per heavy atom. The van der Waals surface area contributed by atoms with Gasteiger partial charge in [0.25, 0.3) is 0 Å². The van der Waals surface area contributed by atoms with E-state index >= 15 is 0 Å². The van der Waals surface area contributed by atoms with Gasteiger partial charge in [-0.05, 0) is 55.7 Å². The van der Waals surface area contributed by atoms with E-state index in [9.17, 15) is 13.2 Å². The number of nitrogen functional groups attached to an aromatic ring is 2. The molecule has 4 rings (SSSR count). The third-order valence-electron chi connectivity index (χ3n) is 4.98. The van der Waals surface area contributed by atoms with Crippen LogP contribution in [0.2, 0.25) is 0 Å². The van der Waals surface area contributed by atoms with Crippen LogP contribution in [0.5, 0.6) is 5.75 Å². The van der Waals surface area contributed by atoms with Crippen molar-refractivity contribution in [1.82, 2.24) is 9.97 Å². The predicted molar refractivity (Wildman–Crippen MR) is 102 cm³/mol. The predicted octanol–water partition coefficient (Wildman–Crippen LogP) is 4.50. The van der Waals surface area contributed by atoms with E-state index in [4.69, 9.17) is 16.2 Å². The Hall–Kier alpha value is -3.03. The van der Waals surface area contributed by atoms with Gasteiger partial charge in [0, 0.05) is 17.4 Å². The summed E-state index contributed by atoms with van der Waals surface area (Å²) in [5.41, 5.74) is 13.4. The van der Waals surface area contributed by atoms with Crippen molar-refractivity contribution >= 4 is 22.7 Å². The number of hydrogen-bond donors (Lipinski definition) is 2. The number of ether oxygens (including phenoxy) is 1. The number of anilines is 2. The fourth-order valence-corrected chi connectivity index (χ4v) is 3.82. The maximum Gasteiger partial charge on any atom is 0.416 e. The van der Waals surface area contributed by atoms with Crippen molar-refractivity contribution in [2.24, 2.45) is 0 Å². The van der Waals surface area contributed by atoms with Gasteiger partial charge in [0.05, 0.1) is 11.1 Å². The number of nitrogens with zero attached hydrogens (tertiary/aromatic N) is 2. The summed E-state index contributed by atoms with van der Waals surface area (Å²) in [6.45, 7) is 5.50. The fraction of sp³-hybridized carbons (Fsp3) is 0.300. The molecule has 0 aliphatic carbocycles. The Balaban J connectivity index is 2.02. The molecule has 0 saturated heterocycles. The summed E-state index contributed by atoms with van der Waals surface area (Å²) in [7, 11) is 0. The number of rotatable bonds is 1. The molecule has 0 spiro atoms. The standard InChI is InChI=1S/C20H19F3N4O/c1-9-11(4-5-14-16(9)17(24)27-18(25)26-14)12-6-10(20(21,22)23)7-15-13(12)8-19(2,3)28-15/h4-7H,8H2,1-3H3,(H4,24,25,26,27). The van der Waals surface area contributed by atoms with E-state index in [0.29, 0.717) is 34.0 Å². The number of aromatic nitrogens is 2. The van der Waals surface area contributed by atoms with Crippen molar-refractivity contribution in [2.45, 2.75) is 39.0 Å². The van der Waals surface area contributed by atoms with E-state index in [1.54, 1.807) is 19.1 Å². The first-order valence-electron chi connectivity index (χ1n) is 8.72. The summed E-state index contributed by atoms with van der Waals surface area (Å²) >= 11 is 0. The lowest BCUT2D eigenvalue weighted by Gasteiger charge is -2.17. The summed E-state index contributed by atoms with van der Waals surface area (Å²) < 4.78 is 46.3. The normalized spacial score (nSPS) is 15.5. The molecule has 0 atom stereocenters. The third-order valence-corrected chi connectivity index (χ3v) is 4.98. The zero-order chi connectivity index (χ0) is 20.4. The van der Waals surface area contributed by atoms with Gasteiger partial charge >= 0.3 is 6.18 Å². The van der Waals surface area contributed by atoms with Crippen LogP contribution in [-0.4, -0.2) is 15.6 Å². The second kappa shape index (κ2) is 5.73. The van der Waals surface area contributed by atoms with Gasteiger partial charge in [0.15, 0.2) is 0 Å². The Kier molecular flexibility index (Phi) is 3.75. The SMILES string of the molecule is Cc1c(-c2cc(C(F)(F)F)cc3c2CC(C)(C)O3)ccc2nc(N)nc(N)c12. The van der Waals surface area contributed by atoms with Gasteiger partial charge in [-0.2, -0.15) is 18.2 Å². The molecule has 0 saturated carbocycles. The molecule has 3 aromatic rings. The number of alkyl halides is 3. The molecule has 0 radical (unpaired) electrons. The quantitative estimate of drug-likeness (QED) is 0.641. The minimum atomic E-state index is -4.48. The number of benzene rings is 2. The van der Waals surface area contributed by atoms with Crippen LogP contribution in [0, 0.1) is 6.92 Å². The van der Waals surface area contributed by atoms with Crippen molar-refractivity contribution in [3.05, 3.63) is 41.0 Å². The van der Waals surface area contributed by atoms with Gasteiger partial charge in [-0.25, -0.2) is 4.98 Å². The zero-order valence-corrected chi connectivity index (χ0v) is 15.6. The molecule has 2 aromatic carbocycles. The van der Waals surface area contributed by atoms with Crippen molar-refractivity contribution < 1.29 is 17.9 Å². The van der Waals surface area contributed by atoms with Crippen LogP contribution in [0.3, 0.4) is 0 Å². The molecule has 146 valence electrons. The largest absolute Gasteiger partial charge is 0.487 e. The van der Waals surface area contributed by atoms with Gasteiger partial charge in [0.1, 0.15) is 17.2 Å². The smallest absolute Gasteiger partial charge is 0.416 e. The molecule has 0 amide bonds. The molecule has 0 fully saturated rings. The fourth-order valence-electron chi connectivity index (χ4n) is 3.82. The first-order chi connectivity index (χ1) is 13.0. The molecule has 0 unspecified atom stereocenters. The van der Waals surface area contributed by atoms with Crippen LogP contribution in [0.4, 0.5) is 24.9 Å². The van der Waals surface area contributed by atoms with Crippen LogP contribution in [0.1, 0.15) is 30.5 Å². The van der Waals surface area contributed by atoms with Gasteiger partial charge in [-0.1, -0.05) is 6.07 Å². The second-order valence-corrected chi connectivity index (χ2v) is 7.64. The summed E-state index contributed by atoms with van der Waals surface area (Å²) in [6.07, 6.45) is -3.98. The number of hydrogen-bond acceptors (Lipinski definition) is 5. The molecule has 8 heteroatoms. The number of fused-ring (bicyclic) bond motifs is 2. The molecule has 1 aliphatic heterocycles. The van der Waals surface area contributed by atoms with Crippen LogP contribution in [0.25, 0.3) is 22.0 Å². The van der Waals surface area contributed by atoms with E-state index < -0.39 is 17.3 Å². The maximum atomic E-state index is 13.5. The van der Waals surface area contributed by atoms with Crippen molar-refractivity contribution in [1.29, 1.82) is 0 Å². The van der Waals surface area contributed by atoms with Gasteiger partial charge in [0.2, 0.25) is 5.95 Å². The second-order valence-electron chi connectivity index (χ2n) is 7.64. The van der Waals surface area contributed by atoms with Gasteiger partial charge in [-0.15, -0.1) is 0 Å². The molecule has 0 bridgehead atoms. The molecule has 4 N–H and O–H groups in total. The maximum absolute atomic E-state index is 13.5. The van der Waals surface area contributed by atoms with Crippen LogP contribution in [0.15, 0.2) is 24.3 Å². The molecule has 2 heterocycles. The molecular weight excluding hydrogens is 369 g/mol. The summed E-state index contributed by atoms with van der Waals surface area (Å²) in [5, 5.41) is 0.580. The highest BCUT2D eigenvalue weighted by Crippen LogP contribution is 2.46. The highest BCUT2D eigenvalue weighted by Gasteiger charge is 2.38. The molecule has 1 aliphatic rings. The number of nitrogens with two attached hydrogens (primary N) is 2. The Labute approximate surface area is 159 Å². The molecule has 1 aromatic heterocycles. The van der Waals surface area contributed by atoms with Crippen molar-refractivity contribution in [3.63, 3.8) is 0 Å². The van der Waals surface area contributed by atoms with Crippen LogP contribution in [-0.2, 0) is 12.6 Å². The summed E-state index contributed by atoms with van der Waals surface area (Å²) in [4.78, 5) is 8.16. The Morgan fingerprint density at radius 1 is 1.07 bits per heavy atom. The van der Waals surface area contributed by atoms with E-state index in [1.165, 1.54) is 6.07 Å². The molecular formula is C20H19F3N4O. The van der Waals surface area contributed by atoms with E-state index in [0.717, 1.165) is 11.6 Å². The van der Waals surface area contributed by atoms with Gasteiger partial charge in [-0.3, -0.25) is 0 Å². The number of aryl methyl sites for hydroxylation is 1. The van der Waals surface area contributed by atoms with Crippen molar-refractivity contribution in [2.75, 3.05) is 11.5 Å². The lowest BCUT2D eigenvalue weighted by atomic mass is 9.89.